The Morgan fingerprint density at radius 3 is 2.92 bits per heavy atom. The summed E-state index contributed by atoms with van der Waals surface area (Å²) >= 11 is 0. The first-order valence-corrected chi connectivity index (χ1v) is 8.97. The van der Waals surface area contributed by atoms with Crippen molar-refractivity contribution in [2.24, 2.45) is 0 Å². The van der Waals surface area contributed by atoms with E-state index in [0.717, 1.165) is 36.4 Å². The third kappa shape index (κ3) is 3.35. The first-order chi connectivity index (χ1) is 12.3. The highest BCUT2D eigenvalue weighted by molar-refractivity contribution is 5.63. The fourth-order valence-electron chi connectivity index (χ4n) is 3.72. The lowest BCUT2D eigenvalue weighted by atomic mass is 9.98. The predicted octanol–water partition coefficient (Wildman–Crippen LogP) is 3.00. The van der Waals surface area contributed by atoms with Gasteiger partial charge in [-0.2, -0.15) is 0 Å². The molecular formula is C19H23N5O. The molecule has 0 radical (unpaired) electrons. The van der Waals surface area contributed by atoms with Crippen LogP contribution in [0.15, 0.2) is 49.1 Å². The fourth-order valence-corrected chi connectivity index (χ4v) is 3.72. The molecule has 1 fully saturated rings. The van der Waals surface area contributed by atoms with Gasteiger partial charge in [0.25, 0.3) is 0 Å². The average Bonchev–Trinajstić information content (AvgIpc) is 3.02. The molecule has 1 N–H and O–H groups in total. The number of aliphatic hydroxyl groups is 1. The summed E-state index contributed by atoms with van der Waals surface area (Å²) in [5, 5.41) is 19.0. The number of benzene rings is 1. The standard InChI is InChI=1S/C19H23N5O/c25-17(15-7-3-1-4-8-15)13-16-9-5-2-6-11-24(16)18-19-22-21-14-23(19)12-10-20-18/h1,3-4,7-8,10,12,14,16-17,25H,2,5-6,9,11,13H2. The molecule has 1 saturated heterocycles. The highest BCUT2D eigenvalue weighted by Gasteiger charge is 2.27. The van der Waals surface area contributed by atoms with Crippen molar-refractivity contribution in [3.05, 3.63) is 54.6 Å². The van der Waals surface area contributed by atoms with E-state index in [0.29, 0.717) is 6.42 Å². The number of aliphatic hydroxyl groups excluding tert-OH is 1. The first-order valence-electron chi connectivity index (χ1n) is 8.97. The Kier molecular flexibility index (Phi) is 4.61. The van der Waals surface area contributed by atoms with Gasteiger partial charge in [0.15, 0.2) is 5.82 Å². The quantitative estimate of drug-likeness (QED) is 0.793. The van der Waals surface area contributed by atoms with Gasteiger partial charge in [0.05, 0.1) is 6.10 Å². The molecular weight excluding hydrogens is 314 g/mol. The molecule has 2 unspecified atom stereocenters. The van der Waals surface area contributed by atoms with Crippen LogP contribution in [0.4, 0.5) is 5.82 Å². The van der Waals surface area contributed by atoms with E-state index in [1.54, 1.807) is 12.5 Å². The van der Waals surface area contributed by atoms with Crippen molar-refractivity contribution in [3.8, 4) is 0 Å². The van der Waals surface area contributed by atoms with E-state index in [1.807, 2.05) is 40.9 Å². The van der Waals surface area contributed by atoms with Gasteiger partial charge in [0.1, 0.15) is 6.33 Å². The van der Waals surface area contributed by atoms with Crippen LogP contribution in [0.25, 0.3) is 5.65 Å². The summed E-state index contributed by atoms with van der Waals surface area (Å²) in [6.45, 7) is 0.936. The molecule has 3 aromatic rings. The Morgan fingerprint density at radius 1 is 1.16 bits per heavy atom. The summed E-state index contributed by atoms with van der Waals surface area (Å²) in [5.41, 5.74) is 1.75. The van der Waals surface area contributed by atoms with Gasteiger partial charge in [-0.05, 0) is 24.8 Å². The fraction of sp³-hybridized carbons (Fsp3) is 0.421. The Hall–Kier alpha value is -2.47. The number of hydrogen-bond donors (Lipinski definition) is 1. The number of hydrogen-bond acceptors (Lipinski definition) is 5. The van der Waals surface area contributed by atoms with E-state index in [1.165, 1.54) is 12.8 Å². The molecule has 4 rings (SSSR count). The Labute approximate surface area is 147 Å². The first kappa shape index (κ1) is 16.0. The normalized spacial score (nSPS) is 19.7. The minimum atomic E-state index is -0.468. The summed E-state index contributed by atoms with van der Waals surface area (Å²) in [7, 11) is 0. The Bertz CT molecular complexity index is 819. The van der Waals surface area contributed by atoms with Crippen LogP contribution in [0, 0.1) is 0 Å². The van der Waals surface area contributed by atoms with Gasteiger partial charge in [-0.1, -0.05) is 43.2 Å². The van der Waals surface area contributed by atoms with Crippen molar-refractivity contribution in [2.75, 3.05) is 11.4 Å². The van der Waals surface area contributed by atoms with E-state index < -0.39 is 6.10 Å². The molecule has 6 heteroatoms. The molecule has 0 saturated carbocycles. The van der Waals surface area contributed by atoms with Crippen molar-refractivity contribution in [1.29, 1.82) is 0 Å². The maximum Gasteiger partial charge on any atom is 0.203 e. The third-order valence-electron chi connectivity index (χ3n) is 5.03. The van der Waals surface area contributed by atoms with Crippen molar-refractivity contribution >= 4 is 11.5 Å². The summed E-state index contributed by atoms with van der Waals surface area (Å²) in [6, 6.07) is 10.1. The van der Waals surface area contributed by atoms with Gasteiger partial charge in [0.2, 0.25) is 5.65 Å². The Morgan fingerprint density at radius 2 is 2.04 bits per heavy atom. The second-order valence-electron chi connectivity index (χ2n) is 6.67. The van der Waals surface area contributed by atoms with Crippen molar-refractivity contribution < 1.29 is 5.11 Å². The molecule has 2 aromatic heterocycles. The van der Waals surface area contributed by atoms with Crippen LogP contribution in [-0.4, -0.2) is 37.3 Å². The molecule has 2 atom stereocenters. The average molecular weight is 337 g/mol. The summed E-state index contributed by atoms with van der Waals surface area (Å²) < 4.78 is 1.90. The van der Waals surface area contributed by atoms with Gasteiger partial charge in [-0.25, -0.2) is 4.98 Å². The molecule has 3 heterocycles. The second kappa shape index (κ2) is 7.19. The van der Waals surface area contributed by atoms with Gasteiger partial charge >= 0.3 is 0 Å². The van der Waals surface area contributed by atoms with Gasteiger partial charge < -0.3 is 10.0 Å². The van der Waals surface area contributed by atoms with Crippen molar-refractivity contribution in [2.45, 2.75) is 44.2 Å². The lowest BCUT2D eigenvalue weighted by molar-refractivity contribution is 0.155. The van der Waals surface area contributed by atoms with Crippen LogP contribution in [0.5, 0.6) is 0 Å². The van der Waals surface area contributed by atoms with Crippen molar-refractivity contribution in [3.63, 3.8) is 0 Å². The number of aromatic nitrogens is 4. The zero-order valence-electron chi connectivity index (χ0n) is 14.2. The van der Waals surface area contributed by atoms with E-state index in [4.69, 9.17) is 0 Å². The molecule has 0 aliphatic carbocycles. The third-order valence-corrected chi connectivity index (χ3v) is 5.03. The maximum atomic E-state index is 10.7. The van der Waals surface area contributed by atoms with Crippen LogP contribution < -0.4 is 4.90 Å². The summed E-state index contributed by atoms with van der Waals surface area (Å²) in [4.78, 5) is 6.92. The molecule has 1 aliphatic rings. The van der Waals surface area contributed by atoms with Crippen LogP contribution in [-0.2, 0) is 0 Å². The minimum absolute atomic E-state index is 0.244. The van der Waals surface area contributed by atoms with Crippen molar-refractivity contribution in [1.82, 2.24) is 19.6 Å². The minimum Gasteiger partial charge on any atom is -0.388 e. The second-order valence-corrected chi connectivity index (χ2v) is 6.67. The van der Waals surface area contributed by atoms with Gasteiger partial charge in [-0.15, -0.1) is 10.2 Å². The molecule has 0 spiro atoms. The SMILES string of the molecule is OC(CC1CCCCCN1c1nccn2cnnc12)c1ccccc1. The predicted molar refractivity (Wildman–Crippen MR) is 96.4 cm³/mol. The highest BCUT2D eigenvalue weighted by Crippen LogP contribution is 2.30. The van der Waals surface area contributed by atoms with Gasteiger partial charge in [0, 0.05) is 25.0 Å². The summed E-state index contributed by atoms with van der Waals surface area (Å²) in [5.74, 6) is 0.868. The lowest BCUT2D eigenvalue weighted by Crippen LogP contribution is -2.37. The smallest absolute Gasteiger partial charge is 0.203 e. The van der Waals surface area contributed by atoms with Crippen LogP contribution >= 0.6 is 0 Å². The van der Waals surface area contributed by atoms with Crippen LogP contribution in [0.2, 0.25) is 0 Å². The number of nitrogens with zero attached hydrogens (tertiary/aromatic N) is 5. The monoisotopic (exact) mass is 337 g/mol. The zero-order chi connectivity index (χ0) is 17.1. The Balaban J connectivity index is 1.63. The van der Waals surface area contributed by atoms with E-state index in [-0.39, 0.29) is 6.04 Å². The molecule has 0 amide bonds. The van der Waals surface area contributed by atoms with E-state index in [9.17, 15) is 5.11 Å². The number of fused-ring (bicyclic) bond motifs is 1. The molecule has 1 aliphatic heterocycles. The number of rotatable bonds is 4. The van der Waals surface area contributed by atoms with Crippen LogP contribution in [0.1, 0.15) is 43.8 Å². The van der Waals surface area contributed by atoms with Crippen LogP contribution in [0.3, 0.4) is 0 Å². The zero-order valence-corrected chi connectivity index (χ0v) is 14.2. The lowest BCUT2D eigenvalue weighted by Gasteiger charge is -2.32. The highest BCUT2D eigenvalue weighted by atomic mass is 16.3. The molecule has 130 valence electrons. The molecule has 0 bridgehead atoms. The maximum absolute atomic E-state index is 10.7. The molecule has 1 aromatic carbocycles. The van der Waals surface area contributed by atoms with Gasteiger partial charge in [-0.3, -0.25) is 4.40 Å². The van der Waals surface area contributed by atoms with E-state index in [2.05, 4.69) is 20.1 Å². The largest absolute Gasteiger partial charge is 0.388 e. The molecule has 6 nitrogen and oxygen atoms in total. The van der Waals surface area contributed by atoms with E-state index >= 15 is 0 Å². The molecule has 25 heavy (non-hydrogen) atoms. The number of anilines is 1. The topological polar surface area (TPSA) is 66.5 Å². The summed E-state index contributed by atoms with van der Waals surface area (Å²) in [6.07, 6.45) is 10.2.